The molecule has 0 radical (unpaired) electrons. The number of urea groups is 1. The molecular weight excluding hydrogens is 244 g/mol. The van der Waals surface area contributed by atoms with Gasteiger partial charge in [-0.05, 0) is 42.2 Å². The maximum atomic E-state index is 11.4. The second kappa shape index (κ2) is 6.69. The van der Waals surface area contributed by atoms with E-state index < -0.39 is 0 Å². The largest absolute Gasteiger partial charge is 0.338 e. The number of fused-ring (bicyclic) bond motifs is 1. The van der Waals surface area contributed by atoms with Crippen LogP contribution in [0.2, 0.25) is 0 Å². The van der Waals surface area contributed by atoms with Crippen molar-refractivity contribution in [3.63, 3.8) is 0 Å². The monoisotopic (exact) mass is 264 g/mol. The van der Waals surface area contributed by atoms with E-state index in [1.807, 2.05) is 18.7 Å². The van der Waals surface area contributed by atoms with Gasteiger partial charge in [0.25, 0.3) is 0 Å². The number of amides is 2. The lowest BCUT2D eigenvalue weighted by Gasteiger charge is -2.16. The van der Waals surface area contributed by atoms with E-state index in [-0.39, 0.29) is 6.03 Å². The molecule has 2 N–H and O–H groups in total. The Labute approximate surface area is 113 Å². The van der Waals surface area contributed by atoms with Crippen molar-refractivity contribution < 1.29 is 4.79 Å². The lowest BCUT2D eigenvalue weighted by molar-refractivity contribution is 0.240. The average molecular weight is 264 g/mol. The van der Waals surface area contributed by atoms with Gasteiger partial charge in [-0.1, -0.05) is 19.1 Å². The maximum absolute atomic E-state index is 11.4. The summed E-state index contributed by atoms with van der Waals surface area (Å²) < 4.78 is 0. The van der Waals surface area contributed by atoms with Crippen molar-refractivity contribution in [2.75, 3.05) is 12.3 Å². The van der Waals surface area contributed by atoms with Crippen LogP contribution in [-0.4, -0.2) is 18.3 Å². The summed E-state index contributed by atoms with van der Waals surface area (Å²) in [6.45, 7) is 3.38. The topological polar surface area (TPSA) is 41.1 Å². The van der Waals surface area contributed by atoms with E-state index in [0.29, 0.717) is 6.54 Å². The normalized spacial score (nSPS) is 13.8. The quantitative estimate of drug-likeness (QED) is 0.878. The van der Waals surface area contributed by atoms with E-state index >= 15 is 0 Å². The second-order valence-electron chi connectivity index (χ2n) is 4.50. The van der Waals surface area contributed by atoms with Crippen LogP contribution in [0.4, 0.5) is 4.79 Å². The van der Waals surface area contributed by atoms with Crippen molar-refractivity contribution >= 4 is 17.8 Å². The number of nitrogens with one attached hydrogen (secondary N) is 2. The smallest absolute Gasteiger partial charge is 0.315 e. The van der Waals surface area contributed by atoms with Crippen LogP contribution >= 0.6 is 11.8 Å². The van der Waals surface area contributed by atoms with Gasteiger partial charge in [0, 0.05) is 18.0 Å². The third-order valence-electron chi connectivity index (χ3n) is 2.96. The predicted octanol–water partition coefficient (Wildman–Crippen LogP) is 2.93. The van der Waals surface area contributed by atoms with Gasteiger partial charge < -0.3 is 10.6 Å². The zero-order chi connectivity index (χ0) is 12.8. The Balaban J connectivity index is 1.88. The number of hydrogen-bond acceptors (Lipinski definition) is 2. The highest BCUT2D eigenvalue weighted by atomic mass is 32.2. The summed E-state index contributed by atoms with van der Waals surface area (Å²) in [4.78, 5) is 12.8. The molecule has 1 aromatic carbocycles. The fraction of sp³-hybridized carbons (Fsp3) is 0.500. The molecular formula is C14H20N2OS. The lowest BCUT2D eigenvalue weighted by Crippen LogP contribution is -2.35. The third-order valence-corrected chi connectivity index (χ3v) is 4.16. The Hall–Kier alpha value is -1.16. The van der Waals surface area contributed by atoms with Gasteiger partial charge in [-0.15, -0.1) is 11.8 Å². The first-order valence-corrected chi connectivity index (χ1v) is 7.54. The van der Waals surface area contributed by atoms with Crippen LogP contribution in [-0.2, 0) is 13.0 Å². The minimum absolute atomic E-state index is 0.0797. The van der Waals surface area contributed by atoms with Gasteiger partial charge in [-0.3, -0.25) is 0 Å². The summed E-state index contributed by atoms with van der Waals surface area (Å²) in [7, 11) is 0. The number of benzene rings is 1. The van der Waals surface area contributed by atoms with Crippen LogP contribution in [0.15, 0.2) is 23.1 Å². The van der Waals surface area contributed by atoms with E-state index in [4.69, 9.17) is 0 Å². The molecule has 1 aliphatic rings. The second-order valence-corrected chi connectivity index (χ2v) is 5.64. The Morgan fingerprint density at radius 3 is 3.11 bits per heavy atom. The molecule has 0 fully saturated rings. The molecule has 2 amide bonds. The van der Waals surface area contributed by atoms with Crippen LogP contribution < -0.4 is 10.6 Å². The van der Waals surface area contributed by atoms with E-state index in [1.165, 1.54) is 28.2 Å². The molecule has 0 atom stereocenters. The number of hydrogen-bond donors (Lipinski definition) is 2. The molecule has 0 saturated carbocycles. The fourth-order valence-corrected chi connectivity index (χ4v) is 3.03. The van der Waals surface area contributed by atoms with E-state index in [2.05, 4.69) is 28.8 Å². The molecule has 98 valence electrons. The van der Waals surface area contributed by atoms with Crippen molar-refractivity contribution in [3.8, 4) is 0 Å². The fourth-order valence-electron chi connectivity index (χ4n) is 2.01. The third kappa shape index (κ3) is 3.67. The van der Waals surface area contributed by atoms with Crippen molar-refractivity contribution in [3.05, 3.63) is 29.3 Å². The molecule has 0 bridgehead atoms. The number of thioether (sulfide) groups is 1. The number of rotatable bonds is 4. The molecule has 3 nitrogen and oxygen atoms in total. The van der Waals surface area contributed by atoms with Gasteiger partial charge in [-0.25, -0.2) is 4.79 Å². The van der Waals surface area contributed by atoms with Crippen molar-refractivity contribution in [1.82, 2.24) is 10.6 Å². The minimum atomic E-state index is -0.0797. The molecule has 4 heteroatoms. The first kappa shape index (κ1) is 13.3. The first-order valence-electron chi connectivity index (χ1n) is 6.56. The molecule has 0 aliphatic carbocycles. The van der Waals surface area contributed by atoms with Gasteiger partial charge in [0.1, 0.15) is 0 Å². The Morgan fingerprint density at radius 2 is 2.28 bits per heavy atom. The SMILES string of the molecule is CCCNC(=O)NCc1ccc2c(c1)CCCS2. The Kier molecular flexibility index (Phi) is 4.93. The van der Waals surface area contributed by atoms with Gasteiger partial charge in [0.05, 0.1) is 0 Å². The van der Waals surface area contributed by atoms with Crippen LogP contribution in [0.25, 0.3) is 0 Å². The summed E-state index contributed by atoms with van der Waals surface area (Å²) in [6.07, 6.45) is 3.38. The number of aryl methyl sites for hydroxylation is 1. The van der Waals surface area contributed by atoms with Gasteiger partial charge in [0.2, 0.25) is 0 Å². The summed E-state index contributed by atoms with van der Waals surface area (Å²) in [5, 5.41) is 5.69. The summed E-state index contributed by atoms with van der Waals surface area (Å²) in [5.41, 5.74) is 2.61. The van der Waals surface area contributed by atoms with Crippen LogP contribution in [0.5, 0.6) is 0 Å². The molecule has 0 spiro atoms. The highest BCUT2D eigenvalue weighted by Crippen LogP contribution is 2.30. The van der Waals surface area contributed by atoms with Gasteiger partial charge in [-0.2, -0.15) is 0 Å². The summed E-state index contributed by atoms with van der Waals surface area (Å²) in [6, 6.07) is 6.43. The number of carbonyl (C=O) groups is 1. The number of carbonyl (C=O) groups excluding carboxylic acids is 1. The summed E-state index contributed by atoms with van der Waals surface area (Å²) in [5.74, 6) is 1.23. The zero-order valence-electron chi connectivity index (χ0n) is 10.8. The molecule has 18 heavy (non-hydrogen) atoms. The maximum Gasteiger partial charge on any atom is 0.315 e. The Morgan fingerprint density at radius 1 is 1.39 bits per heavy atom. The first-order chi connectivity index (χ1) is 8.79. The molecule has 1 heterocycles. The van der Waals surface area contributed by atoms with E-state index in [9.17, 15) is 4.79 Å². The Bertz CT molecular complexity index is 420. The molecule has 0 saturated heterocycles. The molecule has 1 aliphatic heterocycles. The van der Waals surface area contributed by atoms with Crippen LogP contribution in [0.1, 0.15) is 30.9 Å². The molecule has 0 aromatic heterocycles. The van der Waals surface area contributed by atoms with E-state index in [1.54, 1.807) is 0 Å². The van der Waals surface area contributed by atoms with Crippen LogP contribution in [0.3, 0.4) is 0 Å². The predicted molar refractivity (Wildman–Crippen MR) is 76.0 cm³/mol. The van der Waals surface area contributed by atoms with Gasteiger partial charge in [0.15, 0.2) is 0 Å². The molecule has 1 aromatic rings. The van der Waals surface area contributed by atoms with E-state index in [0.717, 1.165) is 19.4 Å². The van der Waals surface area contributed by atoms with Crippen molar-refractivity contribution in [2.24, 2.45) is 0 Å². The van der Waals surface area contributed by atoms with Crippen molar-refractivity contribution in [2.45, 2.75) is 37.6 Å². The highest BCUT2D eigenvalue weighted by molar-refractivity contribution is 7.99. The minimum Gasteiger partial charge on any atom is -0.338 e. The van der Waals surface area contributed by atoms with Gasteiger partial charge >= 0.3 is 6.03 Å². The highest BCUT2D eigenvalue weighted by Gasteiger charge is 2.10. The molecule has 0 unspecified atom stereocenters. The lowest BCUT2D eigenvalue weighted by atomic mass is 10.1. The van der Waals surface area contributed by atoms with Crippen LogP contribution in [0, 0.1) is 0 Å². The zero-order valence-corrected chi connectivity index (χ0v) is 11.6. The standard InChI is InChI=1S/C14H20N2OS/c1-2-7-15-14(17)16-10-11-5-6-13-12(9-11)4-3-8-18-13/h5-6,9H,2-4,7-8,10H2,1H3,(H2,15,16,17). The van der Waals surface area contributed by atoms with Crippen molar-refractivity contribution in [1.29, 1.82) is 0 Å². The average Bonchev–Trinajstić information content (AvgIpc) is 2.42. The summed E-state index contributed by atoms with van der Waals surface area (Å²) >= 11 is 1.93. The molecule has 2 rings (SSSR count).